The predicted octanol–water partition coefficient (Wildman–Crippen LogP) is 1.45. The van der Waals surface area contributed by atoms with Crippen molar-refractivity contribution in [3.63, 3.8) is 0 Å². The normalized spacial score (nSPS) is 26.9. The number of fused-ring (bicyclic) bond motifs is 3. The fraction of sp³-hybridized carbons (Fsp3) is 0.550. The minimum absolute atomic E-state index is 0.0958. The molecule has 3 saturated heterocycles. The molecule has 3 aliphatic rings. The standard InChI is InChI=1S/C20H27N5O2/c1-27-14-17-11-25(23-22-17)12-18-9-16-7-8-24(18)13-19(16)20(26)21-10-15-5-3-2-4-6-15/h2-6,11,16,18-19H,7-10,12-14H2,1H3,(H,21,26)/t16-,18+,19-/m0/s1. The maximum Gasteiger partial charge on any atom is 0.224 e. The Hall–Kier alpha value is -2.25. The van der Waals surface area contributed by atoms with E-state index in [1.807, 2.05) is 41.2 Å². The molecule has 5 rings (SSSR count). The first-order chi connectivity index (χ1) is 13.2. The summed E-state index contributed by atoms with van der Waals surface area (Å²) in [6, 6.07) is 10.5. The molecular formula is C20H27N5O2. The molecule has 144 valence electrons. The molecule has 3 aliphatic heterocycles. The maximum absolute atomic E-state index is 12.7. The van der Waals surface area contributed by atoms with Crippen LogP contribution in [0.5, 0.6) is 0 Å². The van der Waals surface area contributed by atoms with Gasteiger partial charge >= 0.3 is 0 Å². The second-order valence-corrected chi connectivity index (χ2v) is 7.61. The fourth-order valence-corrected chi connectivity index (χ4v) is 4.40. The van der Waals surface area contributed by atoms with Crippen LogP contribution in [0.1, 0.15) is 24.1 Å². The van der Waals surface area contributed by atoms with E-state index in [0.29, 0.717) is 25.1 Å². The Labute approximate surface area is 159 Å². The number of hydrogen-bond donors (Lipinski definition) is 1. The molecule has 27 heavy (non-hydrogen) atoms. The molecule has 1 aromatic heterocycles. The molecule has 7 nitrogen and oxygen atoms in total. The van der Waals surface area contributed by atoms with Crippen molar-refractivity contribution in [1.82, 2.24) is 25.2 Å². The fourth-order valence-electron chi connectivity index (χ4n) is 4.40. The molecule has 4 heterocycles. The molecule has 4 atom stereocenters. The molecule has 0 aliphatic carbocycles. The first-order valence-electron chi connectivity index (χ1n) is 9.66. The van der Waals surface area contributed by atoms with E-state index in [2.05, 4.69) is 20.5 Å². The Morgan fingerprint density at radius 3 is 2.93 bits per heavy atom. The maximum atomic E-state index is 12.7. The zero-order valence-corrected chi connectivity index (χ0v) is 15.8. The zero-order chi connectivity index (χ0) is 18.6. The van der Waals surface area contributed by atoms with E-state index in [9.17, 15) is 4.79 Å². The summed E-state index contributed by atoms with van der Waals surface area (Å²) in [7, 11) is 1.66. The van der Waals surface area contributed by atoms with Crippen molar-refractivity contribution in [1.29, 1.82) is 0 Å². The van der Waals surface area contributed by atoms with Crippen LogP contribution in [-0.4, -0.2) is 52.0 Å². The van der Waals surface area contributed by atoms with Gasteiger partial charge in [-0.25, -0.2) is 0 Å². The average molecular weight is 369 g/mol. The number of aromatic nitrogens is 3. The van der Waals surface area contributed by atoms with Gasteiger partial charge in [0.05, 0.1) is 25.3 Å². The van der Waals surface area contributed by atoms with Crippen LogP contribution in [-0.2, 0) is 29.2 Å². The third-order valence-electron chi connectivity index (χ3n) is 5.80. The van der Waals surface area contributed by atoms with Crippen molar-refractivity contribution < 1.29 is 9.53 Å². The zero-order valence-electron chi connectivity index (χ0n) is 15.8. The number of amides is 1. The molecule has 1 N–H and O–H groups in total. The predicted molar refractivity (Wildman–Crippen MR) is 101 cm³/mol. The first kappa shape index (κ1) is 18.1. The van der Waals surface area contributed by atoms with Crippen LogP contribution in [0.2, 0.25) is 0 Å². The van der Waals surface area contributed by atoms with E-state index in [1.165, 1.54) is 0 Å². The molecule has 2 bridgehead atoms. The number of hydrogen-bond acceptors (Lipinski definition) is 5. The Balaban J connectivity index is 1.32. The van der Waals surface area contributed by atoms with Gasteiger partial charge in [-0.05, 0) is 30.9 Å². The van der Waals surface area contributed by atoms with Gasteiger partial charge < -0.3 is 10.1 Å². The van der Waals surface area contributed by atoms with E-state index in [-0.39, 0.29) is 11.8 Å². The number of nitrogens with zero attached hydrogens (tertiary/aromatic N) is 4. The SMILES string of the molecule is COCc1cn(C[C@H]2C[C@@H]3CCN2C[C@@H]3C(=O)NCc2ccccc2)nn1. The van der Waals surface area contributed by atoms with Crippen molar-refractivity contribution in [3.8, 4) is 0 Å². The van der Waals surface area contributed by atoms with E-state index in [1.54, 1.807) is 7.11 Å². The van der Waals surface area contributed by atoms with Crippen LogP contribution in [0.15, 0.2) is 36.5 Å². The third kappa shape index (κ3) is 4.20. The van der Waals surface area contributed by atoms with Gasteiger partial charge in [-0.15, -0.1) is 5.10 Å². The van der Waals surface area contributed by atoms with Crippen LogP contribution < -0.4 is 5.32 Å². The summed E-state index contributed by atoms with van der Waals surface area (Å²) in [5.41, 5.74) is 2.00. The summed E-state index contributed by atoms with van der Waals surface area (Å²) >= 11 is 0. The van der Waals surface area contributed by atoms with Crippen molar-refractivity contribution in [2.24, 2.45) is 11.8 Å². The van der Waals surface area contributed by atoms with E-state index >= 15 is 0 Å². The van der Waals surface area contributed by atoms with Gasteiger partial charge in [0.15, 0.2) is 0 Å². The second-order valence-electron chi connectivity index (χ2n) is 7.61. The van der Waals surface area contributed by atoms with Crippen molar-refractivity contribution >= 4 is 5.91 Å². The van der Waals surface area contributed by atoms with Gasteiger partial charge in [0.2, 0.25) is 5.91 Å². The number of methoxy groups -OCH3 is 1. The van der Waals surface area contributed by atoms with Gasteiger partial charge in [-0.2, -0.15) is 0 Å². The summed E-state index contributed by atoms with van der Waals surface area (Å²) in [5.74, 6) is 0.742. The van der Waals surface area contributed by atoms with Crippen LogP contribution in [0, 0.1) is 11.8 Å². The van der Waals surface area contributed by atoms with Crippen LogP contribution in [0.4, 0.5) is 0 Å². The Morgan fingerprint density at radius 2 is 2.19 bits per heavy atom. The number of benzene rings is 1. The van der Waals surface area contributed by atoms with Crippen LogP contribution in [0.25, 0.3) is 0 Å². The number of rotatable bonds is 7. The topological polar surface area (TPSA) is 72.3 Å². The lowest BCUT2D eigenvalue weighted by molar-refractivity contribution is -0.133. The van der Waals surface area contributed by atoms with Crippen molar-refractivity contribution in [2.75, 3.05) is 20.2 Å². The minimum atomic E-state index is 0.0958. The number of piperidine rings is 3. The average Bonchev–Trinajstić information content (AvgIpc) is 3.14. The van der Waals surface area contributed by atoms with E-state index in [0.717, 1.165) is 43.7 Å². The molecule has 0 spiro atoms. The van der Waals surface area contributed by atoms with Crippen molar-refractivity contribution in [2.45, 2.75) is 38.6 Å². The Bertz CT molecular complexity index is 763. The smallest absolute Gasteiger partial charge is 0.224 e. The van der Waals surface area contributed by atoms with E-state index < -0.39 is 0 Å². The molecule has 7 heteroatoms. The number of carbonyl (C=O) groups excluding carboxylic acids is 1. The molecule has 0 radical (unpaired) electrons. The molecule has 0 saturated carbocycles. The van der Waals surface area contributed by atoms with Crippen molar-refractivity contribution in [3.05, 3.63) is 47.8 Å². The largest absolute Gasteiger partial charge is 0.378 e. The first-order valence-corrected chi connectivity index (χ1v) is 9.66. The molecule has 1 amide bonds. The number of nitrogens with one attached hydrogen (secondary N) is 1. The third-order valence-corrected chi connectivity index (χ3v) is 5.80. The van der Waals surface area contributed by atoms with Crippen LogP contribution >= 0.6 is 0 Å². The molecular weight excluding hydrogens is 342 g/mol. The molecule has 2 aromatic rings. The highest BCUT2D eigenvalue weighted by atomic mass is 16.5. The molecule has 1 unspecified atom stereocenters. The Kier molecular flexibility index (Phi) is 5.50. The minimum Gasteiger partial charge on any atom is -0.378 e. The molecule has 1 aromatic carbocycles. The monoisotopic (exact) mass is 369 g/mol. The number of carbonyl (C=O) groups is 1. The highest BCUT2D eigenvalue weighted by molar-refractivity contribution is 5.79. The lowest BCUT2D eigenvalue weighted by Crippen LogP contribution is -2.58. The van der Waals surface area contributed by atoms with Gasteiger partial charge in [-0.1, -0.05) is 35.5 Å². The summed E-state index contributed by atoms with van der Waals surface area (Å²) in [4.78, 5) is 15.2. The summed E-state index contributed by atoms with van der Waals surface area (Å²) < 4.78 is 7.01. The van der Waals surface area contributed by atoms with Gasteiger partial charge in [-0.3, -0.25) is 14.4 Å². The van der Waals surface area contributed by atoms with Gasteiger partial charge in [0, 0.05) is 26.2 Å². The Morgan fingerprint density at radius 1 is 1.33 bits per heavy atom. The van der Waals surface area contributed by atoms with Crippen LogP contribution in [0.3, 0.4) is 0 Å². The number of ether oxygens (including phenoxy) is 1. The quantitative estimate of drug-likeness (QED) is 0.800. The summed E-state index contributed by atoms with van der Waals surface area (Å²) in [5, 5.41) is 11.5. The van der Waals surface area contributed by atoms with E-state index in [4.69, 9.17) is 4.74 Å². The van der Waals surface area contributed by atoms with Gasteiger partial charge in [0.1, 0.15) is 5.69 Å². The lowest BCUT2D eigenvalue weighted by atomic mass is 9.75. The summed E-state index contributed by atoms with van der Waals surface area (Å²) in [6.07, 6.45) is 4.10. The highest BCUT2D eigenvalue weighted by Gasteiger charge is 2.43. The lowest BCUT2D eigenvalue weighted by Gasteiger charge is -2.49. The highest BCUT2D eigenvalue weighted by Crippen LogP contribution is 2.36. The van der Waals surface area contributed by atoms with Gasteiger partial charge in [0.25, 0.3) is 0 Å². The second kappa shape index (κ2) is 8.19. The molecule has 3 fully saturated rings. The summed E-state index contributed by atoms with van der Waals surface area (Å²) in [6.45, 7) is 3.83.